The lowest BCUT2D eigenvalue weighted by atomic mass is 9.31. The van der Waals surface area contributed by atoms with Crippen molar-refractivity contribution in [2.24, 2.45) is 56.7 Å². The molecule has 0 amide bonds. The molecule has 7 rings (SSSR count). The lowest BCUT2D eigenvalue weighted by molar-refractivity contribution is -0.274. The van der Waals surface area contributed by atoms with Crippen LogP contribution in [0.4, 0.5) is 0 Å². The van der Waals surface area contributed by atoms with E-state index < -0.39 is 5.79 Å². The molecule has 11 atom stereocenters. The molecule has 4 saturated carbocycles. The highest BCUT2D eigenvalue weighted by Crippen LogP contribution is 2.79. The molecule has 5 nitrogen and oxygen atoms in total. The van der Waals surface area contributed by atoms with E-state index in [2.05, 4.69) is 80.2 Å². The molecular weight excluding hydrogens is 572 g/mol. The van der Waals surface area contributed by atoms with E-state index in [1.54, 1.807) is 0 Å². The molecule has 1 aromatic rings. The van der Waals surface area contributed by atoms with Crippen molar-refractivity contribution in [1.29, 1.82) is 0 Å². The van der Waals surface area contributed by atoms with E-state index in [0.717, 1.165) is 44.9 Å². The van der Waals surface area contributed by atoms with Crippen LogP contribution in [0.15, 0.2) is 42.5 Å². The lowest BCUT2D eigenvalue weighted by Crippen LogP contribution is -2.72. The minimum atomic E-state index is -0.745. The Morgan fingerprint density at radius 1 is 0.913 bits per heavy atom. The first-order chi connectivity index (χ1) is 21.5. The highest BCUT2D eigenvalue weighted by molar-refractivity contribution is 5.83. The van der Waals surface area contributed by atoms with Gasteiger partial charge in [-0.3, -0.25) is 9.59 Å². The zero-order chi connectivity index (χ0) is 33.2. The van der Waals surface area contributed by atoms with E-state index in [1.807, 2.05) is 19.1 Å². The van der Waals surface area contributed by atoms with Crippen LogP contribution in [0.5, 0.6) is 5.75 Å². The summed E-state index contributed by atoms with van der Waals surface area (Å²) in [5, 5.41) is 0. The summed E-state index contributed by atoms with van der Waals surface area (Å²) in [6, 6.07) is 7.99. The van der Waals surface area contributed by atoms with Crippen molar-refractivity contribution in [3.8, 4) is 5.75 Å². The highest BCUT2D eigenvalue weighted by atomic mass is 16.7. The maximum Gasteiger partial charge on any atom is 0.298 e. The Hall–Kier alpha value is -2.24. The van der Waals surface area contributed by atoms with Gasteiger partial charge in [0.15, 0.2) is 5.79 Å². The van der Waals surface area contributed by atoms with Crippen LogP contribution in [-0.2, 0) is 19.1 Å². The van der Waals surface area contributed by atoms with Gasteiger partial charge in [0.05, 0.1) is 12.2 Å². The van der Waals surface area contributed by atoms with Gasteiger partial charge in [0.2, 0.25) is 0 Å². The average molecular weight is 629 g/mol. The van der Waals surface area contributed by atoms with Gasteiger partial charge in [-0.1, -0.05) is 65.0 Å². The number of Topliss-reactive ketones (excluding diaryl/α,β-unsaturated/α-hetero) is 1. The molecule has 0 N–H and O–H groups in total. The summed E-state index contributed by atoms with van der Waals surface area (Å²) < 4.78 is 19.6. The van der Waals surface area contributed by atoms with Crippen LogP contribution >= 0.6 is 0 Å². The van der Waals surface area contributed by atoms with Gasteiger partial charge < -0.3 is 14.2 Å². The lowest BCUT2D eigenvalue weighted by Gasteiger charge is -2.74. The van der Waals surface area contributed by atoms with Crippen molar-refractivity contribution in [3.63, 3.8) is 0 Å². The Balaban J connectivity index is 1.36. The minimum absolute atomic E-state index is 0.0377. The maximum absolute atomic E-state index is 13.8. The van der Waals surface area contributed by atoms with E-state index in [9.17, 15) is 9.59 Å². The smallest absolute Gasteiger partial charge is 0.298 e. The SMILES string of the molecule is C=C(C)[C@@H]1CC[C@]2(C(C)=O)C[C@@H]3OC(C)(C)O[C@H]4C[C@H]5C(C)(C)C(c6ccc(OC=O)cc6)=CC[C@]5(C)[C@H]5CC[C@H]([C@@H]12)[C@]3(C)[C@]45C. The predicted molar refractivity (Wildman–Crippen MR) is 181 cm³/mol. The van der Waals surface area contributed by atoms with E-state index in [4.69, 9.17) is 14.2 Å². The van der Waals surface area contributed by atoms with Gasteiger partial charge in [-0.25, -0.2) is 0 Å². The summed E-state index contributed by atoms with van der Waals surface area (Å²) in [6.45, 7) is 25.9. The number of carbonyl (C=O) groups excluding carboxylic acids is 2. The summed E-state index contributed by atoms with van der Waals surface area (Å²) in [5.41, 5.74) is 3.23. The second kappa shape index (κ2) is 10.1. The molecule has 5 aliphatic carbocycles. The Bertz CT molecular complexity index is 1490. The predicted octanol–water partition coefficient (Wildman–Crippen LogP) is 9.20. The summed E-state index contributed by atoms with van der Waals surface area (Å²) in [4.78, 5) is 24.7. The van der Waals surface area contributed by atoms with E-state index >= 15 is 0 Å². The number of ether oxygens (including phenoxy) is 3. The van der Waals surface area contributed by atoms with Gasteiger partial charge >= 0.3 is 0 Å². The molecule has 0 aromatic heterocycles. The third-order valence-corrected chi connectivity index (χ3v) is 15.6. The molecule has 1 aromatic carbocycles. The van der Waals surface area contributed by atoms with Crippen LogP contribution in [0.1, 0.15) is 113 Å². The quantitative estimate of drug-likeness (QED) is 0.240. The van der Waals surface area contributed by atoms with Crippen LogP contribution in [0.3, 0.4) is 0 Å². The number of allylic oxidation sites excluding steroid dienone is 3. The largest absolute Gasteiger partial charge is 0.429 e. The number of carbonyl (C=O) groups is 2. The fraction of sp³-hybridized carbons (Fsp3) is 0.707. The molecule has 5 heteroatoms. The number of fused-ring (bicyclic) bond motifs is 4. The molecule has 250 valence electrons. The van der Waals surface area contributed by atoms with Gasteiger partial charge in [-0.05, 0) is 136 Å². The number of rotatable bonds is 5. The second-order valence-corrected chi connectivity index (χ2v) is 17.9. The zero-order valence-corrected chi connectivity index (χ0v) is 29.7. The molecule has 6 aliphatic rings. The molecule has 0 unspecified atom stereocenters. The summed E-state index contributed by atoms with van der Waals surface area (Å²) in [6.07, 6.45) is 9.63. The van der Waals surface area contributed by atoms with Crippen molar-refractivity contribution in [2.75, 3.05) is 0 Å². The zero-order valence-electron chi connectivity index (χ0n) is 29.7. The van der Waals surface area contributed by atoms with Crippen molar-refractivity contribution >= 4 is 17.8 Å². The van der Waals surface area contributed by atoms with Crippen molar-refractivity contribution in [1.82, 2.24) is 0 Å². The standard InChI is InChI=1S/C41H56O5/c1-24(2)28-17-20-41(25(3)43)22-34-39(9)30(35(28)41)15-16-31-38(8)19-18-29(26-11-13-27(14-12-26)44-23-42)36(4,5)32(38)21-33(40(31,39)10)45-37(6,7)46-34/h11-14,18,23,28,30-35H,1,15-17,19-22H2,2-10H3/t28-,30+,31+,32-,33-,34-,35+,38+,39-,40-,41+/m0/s1. The molecule has 0 spiro atoms. The number of ketones is 1. The minimum Gasteiger partial charge on any atom is -0.429 e. The van der Waals surface area contributed by atoms with Crippen molar-refractivity contribution in [2.45, 2.75) is 125 Å². The highest BCUT2D eigenvalue weighted by Gasteiger charge is 2.77. The first-order valence-electron chi connectivity index (χ1n) is 17.9. The topological polar surface area (TPSA) is 61.8 Å². The fourth-order valence-electron chi connectivity index (χ4n) is 13.6. The Labute approximate surface area is 276 Å². The maximum atomic E-state index is 13.8. The second-order valence-electron chi connectivity index (χ2n) is 17.9. The molecule has 0 bridgehead atoms. The van der Waals surface area contributed by atoms with E-state index in [1.165, 1.54) is 16.7 Å². The molecule has 5 fully saturated rings. The molecule has 1 heterocycles. The third-order valence-electron chi connectivity index (χ3n) is 15.6. The summed E-state index contributed by atoms with van der Waals surface area (Å²) in [7, 11) is 0. The van der Waals surface area contributed by atoms with E-state index in [-0.39, 0.29) is 39.3 Å². The van der Waals surface area contributed by atoms with Crippen LogP contribution in [0.2, 0.25) is 0 Å². The van der Waals surface area contributed by atoms with Crippen LogP contribution in [0, 0.1) is 56.7 Å². The normalized spacial score (nSPS) is 46.5. The van der Waals surface area contributed by atoms with Gasteiger partial charge in [0, 0.05) is 16.2 Å². The third kappa shape index (κ3) is 4.00. The van der Waals surface area contributed by atoms with Crippen molar-refractivity contribution in [3.05, 3.63) is 48.1 Å². The Morgan fingerprint density at radius 3 is 2.22 bits per heavy atom. The van der Waals surface area contributed by atoms with Crippen molar-refractivity contribution < 1.29 is 23.8 Å². The van der Waals surface area contributed by atoms with Gasteiger partial charge in [-0.15, -0.1) is 0 Å². The number of hydrogen-bond donors (Lipinski definition) is 0. The first-order valence-corrected chi connectivity index (χ1v) is 17.9. The van der Waals surface area contributed by atoms with Gasteiger partial charge in [0.25, 0.3) is 6.47 Å². The van der Waals surface area contributed by atoms with Crippen LogP contribution in [0.25, 0.3) is 5.57 Å². The Morgan fingerprint density at radius 2 is 1.59 bits per heavy atom. The molecular formula is C41H56O5. The molecule has 0 radical (unpaired) electrons. The molecule has 1 saturated heterocycles. The van der Waals surface area contributed by atoms with Gasteiger partial charge in [-0.2, -0.15) is 0 Å². The number of hydrogen-bond acceptors (Lipinski definition) is 5. The monoisotopic (exact) mass is 628 g/mol. The van der Waals surface area contributed by atoms with E-state index in [0.29, 0.717) is 47.6 Å². The first kappa shape index (κ1) is 32.3. The number of benzene rings is 1. The summed E-state index contributed by atoms with van der Waals surface area (Å²) >= 11 is 0. The fourth-order valence-corrected chi connectivity index (χ4v) is 13.6. The van der Waals surface area contributed by atoms with Crippen LogP contribution < -0.4 is 4.74 Å². The molecule has 46 heavy (non-hydrogen) atoms. The van der Waals surface area contributed by atoms with Crippen LogP contribution in [-0.4, -0.2) is 30.3 Å². The average Bonchev–Trinajstić information content (AvgIpc) is 3.34. The summed E-state index contributed by atoms with van der Waals surface area (Å²) in [5.74, 6) is 2.13. The molecule has 1 aliphatic heterocycles. The Kier molecular flexibility index (Phi) is 7.12. The van der Waals surface area contributed by atoms with Gasteiger partial charge in [0.1, 0.15) is 11.5 Å².